The highest BCUT2D eigenvalue weighted by Gasteiger charge is 2.16. The molecule has 1 aromatic carbocycles. The third-order valence-electron chi connectivity index (χ3n) is 2.89. The summed E-state index contributed by atoms with van der Waals surface area (Å²) >= 11 is 12.1. The summed E-state index contributed by atoms with van der Waals surface area (Å²) in [6.07, 6.45) is 0.924. The predicted molar refractivity (Wildman–Crippen MR) is 72.5 cm³/mol. The number of halogens is 2. The molecule has 0 aliphatic heterocycles. The fourth-order valence-corrected chi connectivity index (χ4v) is 1.78. The number of nitrogens with zero attached hydrogens (tertiary/aromatic N) is 1. The molecule has 0 fully saturated rings. The lowest BCUT2D eigenvalue weighted by Gasteiger charge is -2.32. The molecular formula is C13H19Cl2N. The fourth-order valence-electron chi connectivity index (χ4n) is 1.37. The topological polar surface area (TPSA) is 3.24 Å². The molecule has 0 aliphatic carbocycles. The van der Waals surface area contributed by atoms with E-state index >= 15 is 0 Å². The van der Waals surface area contributed by atoms with E-state index in [-0.39, 0.29) is 5.54 Å². The Labute approximate surface area is 108 Å². The van der Waals surface area contributed by atoms with Gasteiger partial charge in [-0.15, -0.1) is 0 Å². The monoisotopic (exact) mass is 259 g/mol. The van der Waals surface area contributed by atoms with E-state index in [2.05, 4.69) is 32.7 Å². The van der Waals surface area contributed by atoms with E-state index in [0.29, 0.717) is 10.0 Å². The lowest BCUT2D eigenvalue weighted by atomic mass is 10.1. The number of benzene rings is 1. The van der Waals surface area contributed by atoms with E-state index in [0.717, 1.165) is 18.5 Å². The molecule has 90 valence electrons. The Morgan fingerprint density at radius 3 is 2.38 bits per heavy atom. The number of rotatable bonds is 3. The second-order valence-corrected chi connectivity index (χ2v) is 5.84. The first kappa shape index (κ1) is 13.8. The molecule has 0 N–H and O–H groups in total. The van der Waals surface area contributed by atoms with Gasteiger partial charge in [0.2, 0.25) is 0 Å². The summed E-state index contributed by atoms with van der Waals surface area (Å²) in [5.74, 6) is 0. The molecule has 0 heterocycles. The zero-order valence-corrected chi connectivity index (χ0v) is 11.9. The smallest absolute Gasteiger partial charge is 0.0624 e. The molecule has 0 amide bonds. The Hall–Kier alpha value is -0.240. The molecule has 0 bridgehead atoms. The molecule has 0 aromatic heterocycles. The number of hydrogen-bond acceptors (Lipinski definition) is 1. The fraction of sp³-hybridized carbons (Fsp3) is 0.538. The van der Waals surface area contributed by atoms with E-state index in [9.17, 15) is 0 Å². The van der Waals surface area contributed by atoms with Crippen LogP contribution in [0.2, 0.25) is 10.0 Å². The second-order valence-electron chi connectivity index (χ2n) is 5.06. The number of hydrogen-bond donors (Lipinski definition) is 0. The highest BCUT2D eigenvalue weighted by molar-refractivity contribution is 6.42. The van der Waals surface area contributed by atoms with E-state index in [4.69, 9.17) is 23.2 Å². The van der Waals surface area contributed by atoms with Crippen LogP contribution in [0.15, 0.2) is 18.2 Å². The van der Waals surface area contributed by atoms with Gasteiger partial charge in [0.15, 0.2) is 0 Å². The molecule has 0 spiro atoms. The van der Waals surface area contributed by atoms with Crippen LogP contribution in [0.1, 0.15) is 26.3 Å². The lowest BCUT2D eigenvalue weighted by Crippen LogP contribution is -2.39. The normalized spacial score (nSPS) is 12.2. The molecule has 0 atom stereocenters. The van der Waals surface area contributed by atoms with Gasteiger partial charge in [0.1, 0.15) is 0 Å². The third-order valence-corrected chi connectivity index (χ3v) is 3.75. The zero-order chi connectivity index (χ0) is 12.3. The predicted octanol–water partition coefficient (Wildman–Crippen LogP) is 4.27. The Bertz CT molecular complexity index is 355. The highest BCUT2D eigenvalue weighted by Crippen LogP contribution is 2.26. The average Bonchev–Trinajstić information content (AvgIpc) is 2.18. The van der Waals surface area contributed by atoms with Crippen LogP contribution in [0, 0.1) is 0 Å². The molecule has 0 unspecified atom stereocenters. The first-order valence-electron chi connectivity index (χ1n) is 5.46. The molecule has 0 saturated heterocycles. The van der Waals surface area contributed by atoms with Gasteiger partial charge in [-0.3, -0.25) is 0 Å². The molecule has 1 aromatic rings. The van der Waals surface area contributed by atoms with Gasteiger partial charge in [-0.1, -0.05) is 35.3 Å². The van der Waals surface area contributed by atoms with Crippen molar-refractivity contribution in [3.63, 3.8) is 0 Å². The Balaban J connectivity index is 2.65. The Morgan fingerprint density at radius 1 is 1.19 bits per heavy atom. The van der Waals surface area contributed by atoms with Crippen LogP contribution < -0.4 is 0 Å². The maximum absolute atomic E-state index is 6.14. The van der Waals surface area contributed by atoms with Gasteiger partial charge < -0.3 is 4.90 Å². The first-order chi connectivity index (χ1) is 7.32. The summed E-state index contributed by atoms with van der Waals surface area (Å²) in [5.41, 5.74) is 1.30. The van der Waals surface area contributed by atoms with Crippen LogP contribution in [0.4, 0.5) is 0 Å². The summed E-state index contributed by atoms with van der Waals surface area (Å²) < 4.78 is 0. The van der Waals surface area contributed by atoms with Crippen molar-refractivity contribution < 1.29 is 0 Å². The van der Waals surface area contributed by atoms with Gasteiger partial charge in [-0.25, -0.2) is 0 Å². The Kier molecular flexibility index (Phi) is 4.66. The van der Waals surface area contributed by atoms with Crippen molar-refractivity contribution in [3.05, 3.63) is 33.8 Å². The van der Waals surface area contributed by atoms with Crippen LogP contribution in [0.25, 0.3) is 0 Å². The minimum absolute atomic E-state index is 0.186. The van der Waals surface area contributed by atoms with Gasteiger partial charge in [-0.05, 0) is 45.9 Å². The summed E-state index contributed by atoms with van der Waals surface area (Å²) in [6.45, 7) is 7.58. The van der Waals surface area contributed by atoms with Gasteiger partial charge in [-0.2, -0.15) is 0 Å². The summed E-state index contributed by atoms with van der Waals surface area (Å²) in [6, 6.07) is 5.80. The van der Waals surface area contributed by atoms with Crippen molar-refractivity contribution in [2.24, 2.45) is 0 Å². The van der Waals surface area contributed by atoms with Crippen LogP contribution in [0.5, 0.6) is 0 Å². The summed E-state index contributed by atoms with van der Waals surface area (Å²) in [5, 5.41) is 1.32. The van der Waals surface area contributed by atoms with Gasteiger partial charge in [0.05, 0.1) is 10.0 Å². The Morgan fingerprint density at radius 2 is 1.81 bits per heavy atom. The highest BCUT2D eigenvalue weighted by atomic mass is 35.5. The van der Waals surface area contributed by atoms with Gasteiger partial charge in [0.25, 0.3) is 0 Å². The van der Waals surface area contributed by atoms with Gasteiger partial charge in [0, 0.05) is 12.1 Å². The van der Waals surface area contributed by atoms with Crippen molar-refractivity contribution >= 4 is 23.2 Å². The lowest BCUT2D eigenvalue weighted by molar-refractivity contribution is 0.178. The van der Waals surface area contributed by atoms with Crippen LogP contribution >= 0.6 is 23.2 Å². The zero-order valence-electron chi connectivity index (χ0n) is 10.3. The van der Waals surface area contributed by atoms with Crippen LogP contribution in [-0.4, -0.2) is 24.0 Å². The number of likely N-dealkylation sites (N-methyl/N-ethyl adjacent to an activating group) is 1. The molecule has 1 rings (SSSR count). The van der Waals surface area contributed by atoms with Gasteiger partial charge >= 0.3 is 0 Å². The molecule has 0 aliphatic rings. The minimum atomic E-state index is 0.186. The molecule has 0 saturated carbocycles. The van der Waals surface area contributed by atoms with Crippen LogP contribution in [-0.2, 0) is 6.42 Å². The second kappa shape index (κ2) is 5.39. The van der Waals surface area contributed by atoms with Crippen molar-refractivity contribution in [2.75, 3.05) is 13.6 Å². The molecule has 16 heavy (non-hydrogen) atoms. The first-order valence-corrected chi connectivity index (χ1v) is 6.22. The molecule has 0 radical (unpaired) electrons. The van der Waals surface area contributed by atoms with Crippen molar-refractivity contribution in [3.8, 4) is 0 Å². The van der Waals surface area contributed by atoms with E-state index in [1.807, 2.05) is 18.2 Å². The van der Waals surface area contributed by atoms with E-state index in [1.54, 1.807) is 0 Å². The molecular weight excluding hydrogens is 241 g/mol. The third kappa shape index (κ3) is 3.65. The van der Waals surface area contributed by atoms with Crippen molar-refractivity contribution in [1.29, 1.82) is 0 Å². The summed E-state index contributed by atoms with van der Waals surface area (Å²) in [7, 11) is 2.12. The average molecular weight is 260 g/mol. The molecule has 3 heteroatoms. The standard InChI is InChI=1S/C13H19Cl2N/c1-13(2,3)16(4)9-8-10-6-5-7-11(14)12(10)15/h5-7H,8-9H2,1-4H3. The van der Waals surface area contributed by atoms with Crippen molar-refractivity contribution in [2.45, 2.75) is 32.7 Å². The largest absolute Gasteiger partial charge is 0.301 e. The van der Waals surface area contributed by atoms with E-state index < -0.39 is 0 Å². The quantitative estimate of drug-likeness (QED) is 0.784. The SMILES string of the molecule is CN(CCc1cccc(Cl)c1Cl)C(C)(C)C. The maximum Gasteiger partial charge on any atom is 0.0624 e. The van der Waals surface area contributed by atoms with Crippen LogP contribution in [0.3, 0.4) is 0 Å². The molecule has 1 nitrogen and oxygen atoms in total. The summed E-state index contributed by atoms with van der Waals surface area (Å²) in [4.78, 5) is 2.31. The van der Waals surface area contributed by atoms with Crippen molar-refractivity contribution in [1.82, 2.24) is 4.90 Å². The minimum Gasteiger partial charge on any atom is -0.301 e. The van der Waals surface area contributed by atoms with E-state index in [1.165, 1.54) is 0 Å². The maximum atomic E-state index is 6.14.